The number of rotatable bonds is 2. The molecule has 0 radical (unpaired) electrons. The van der Waals surface area contributed by atoms with Gasteiger partial charge in [0.2, 0.25) is 0 Å². The first kappa shape index (κ1) is 9.49. The van der Waals surface area contributed by atoms with Gasteiger partial charge in [0.15, 0.2) is 5.67 Å². The smallest absolute Gasteiger partial charge is 0.257 e. The van der Waals surface area contributed by atoms with Crippen LogP contribution in [0.5, 0.6) is 0 Å². The van der Waals surface area contributed by atoms with Crippen molar-refractivity contribution in [3.05, 3.63) is 0 Å². The molecule has 1 heterocycles. The molecule has 2 atom stereocenters. The monoisotopic (exact) mass is 173 g/mol. The van der Waals surface area contributed by atoms with Gasteiger partial charge in [-0.2, -0.15) is 0 Å². The van der Waals surface area contributed by atoms with Gasteiger partial charge in [0.05, 0.1) is 0 Å². The molecule has 70 valence electrons. The molecule has 0 saturated carbocycles. The van der Waals surface area contributed by atoms with Crippen LogP contribution in [0.15, 0.2) is 0 Å². The lowest BCUT2D eigenvalue weighted by Gasteiger charge is -2.12. The summed E-state index contributed by atoms with van der Waals surface area (Å²) in [5, 5.41) is 2.66. The molecule has 1 N–H and O–H groups in total. The van der Waals surface area contributed by atoms with Crippen molar-refractivity contribution in [2.75, 3.05) is 0 Å². The summed E-state index contributed by atoms with van der Waals surface area (Å²) >= 11 is 0. The van der Waals surface area contributed by atoms with E-state index in [4.69, 9.17) is 0 Å². The lowest BCUT2D eigenvalue weighted by atomic mass is 9.98. The largest absolute Gasteiger partial charge is 0.350 e. The highest BCUT2D eigenvalue weighted by atomic mass is 19.1. The zero-order chi connectivity index (χ0) is 9.35. The van der Waals surface area contributed by atoms with Crippen molar-refractivity contribution >= 4 is 5.91 Å². The minimum atomic E-state index is -1.64. The number of carbonyl (C=O) groups excluding carboxylic acids is 1. The van der Waals surface area contributed by atoms with Gasteiger partial charge < -0.3 is 5.32 Å². The molecule has 1 rings (SSSR count). The van der Waals surface area contributed by atoms with Gasteiger partial charge >= 0.3 is 0 Å². The van der Waals surface area contributed by atoms with Crippen LogP contribution in [0.4, 0.5) is 4.39 Å². The van der Waals surface area contributed by atoms with Gasteiger partial charge in [-0.3, -0.25) is 4.79 Å². The summed E-state index contributed by atoms with van der Waals surface area (Å²) in [6.45, 7) is 5.49. The number of hydrogen-bond acceptors (Lipinski definition) is 1. The molecule has 1 unspecified atom stereocenters. The van der Waals surface area contributed by atoms with Crippen LogP contribution in [-0.2, 0) is 4.79 Å². The third kappa shape index (κ3) is 1.96. The fourth-order valence-corrected chi connectivity index (χ4v) is 1.65. The summed E-state index contributed by atoms with van der Waals surface area (Å²) in [7, 11) is 0. The summed E-state index contributed by atoms with van der Waals surface area (Å²) in [5.74, 6) is 0.0531. The molecular weight excluding hydrogens is 157 g/mol. The molecule has 1 aliphatic heterocycles. The second-order valence-corrected chi connectivity index (χ2v) is 4.20. The topological polar surface area (TPSA) is 29.1 Å². The number of amides is 1. The summed E-state index contributed by atoms with van der Waals surface area (Å²) in [5.41, 5.74) is -1.64. The number of carbonyl (C=O) groups is 1. The number of halogens is 1. The zero-order valence-corrected chi connectivity index (χ0v) is 7.86. The van der Waals surface area contributed by atoms with E-state index in [0.29, 0.717) is 12.3 Å². The van der Waals surface area contributed by atoms with E-state index in [0.717, 1.165) is 6.42 Å². The van der Waals surface area contributed by atoms with Crippen LogP contribution in [-0.4, -0.2) is 17.6 Å². The zero-order valence-electron chi connectivity index (χ0n) is 7.86. The van der Waals surface area contributed by atoms with Gasteiger partial charge in [0, 0.05) is 12.5 Å². The second-order valence-electron chi connectivity index (χ2n) is 4.20. The lowest BCUT2D eigenvalue weighted by molar-refractivity contribution is -0.128. The average Bonchev–Trinajstić information content (AvgIpc) is 2.04. The first-order valence-corrected chi connectivity index (χ1v) is 4.41. The Morgan fingerprint density at radius 2 is 2.33 bits per heavy atom. The Kier molecular flexibility index (Phi) is 2.40. The average molecular weight is 173 g/mol. The highest BCUT2D eigenvalue weighted by molar-refractivity contribution is 5.87. The van der Waals surface area contributed by atoms with Crippen LogP contribution in [0.25, 0.3) is 0 Å². The van der Waals surface area contributed by atoms with Gasteiger partial charge in [-0.15, -0.1) is 0 Å². The Morgan fingerprint density at radius 3 is 2.67 bits per heavy atom. The van der Waals surface area contributed by atoms with E-state index in [1.165, 1.54) is 6.92 Å². The maximum absolute atomic E-state index is 13.3. The van der Waals surface area contributed by atoms with Crippen molar-refractivity contribution in [2.24, 2.45) is 5.92 Å². The maximum atomic E-state index is 13.3. The van der Waals surface area contributed by atoms with E-state index in [9.17, 15) is 9.18 Å². The molecule has 1 aliphatic rings. The summed E-state index contributed by atoms with van der Waals surface area (Å²) < 4.78 is 13.3. The molecule has 0 spiro atoms. The predicted molar refractivity (Wildman–Crippen MR) is 45.5 cm³/mol. The Morgan fingerprint density at radius 1 is 1.75 bits per heavy atom. The minimum absolute atomic E-state index is 0.0347. The van der Waals surface area contributed by atoms with Gasteiger partial charge in [-0.1, -0.05) is 13.8 Å². The first-order valence-electron chi connectivity index (χ1n) is 4.41. The van der Waals surface area contributed by atoms with Crippen molar-refractivity contribution in [2.45, 2.75) is 45.3 Å². The number of alkyl halides is 1. The molecule has 0 aromatic rings. The van der Waals surface area contributed by atoms with Gasteiger partial charge in [0.1, 0.15) is 0 Å². The highest BCUT2D eigenvalue weighted by Gasteiger charge is 2.43. The van der Waals surface area contributed by atoms with Gasteiger partial charge in [0.25, 0.3) is 5.91 Å². The number of hydrogen-bond donors (Lipinski definition) is 1. The molecule has 12 heavy (non-hydrogen) atoms. The van der Waals surface area contributed by atoms with Crippen LogP contribution in [0, 0.1) is 5.92 Å². The SMILES string of the molecule is CC(C)C[C@@H]1CC(C)(F)C(=O)N1. The molecular formula is C9H16FNO. The number of nitrogens with one attached hydrogen (secondary N) is 1. The van der Waals surface area contributed by atoms with E-state index < -0.39 is 11.6 Å². The standard InChI is InChI=1S/C9H16FNO/c1-6(2)4-7-5-9(3,10)8(12)11-7/h6-7H,4-5H2,1-3H3,(H,11,12)/t7-,9?/m1/s1. The van der Waals surface area contributed by atoms with Crippen molar-refractivity contribution in [3.63, 3.8) is 0 Å². The van der Waals surface area contributed by atoms with Crippen LogP contribution >= 0.6 is 0 Å². The van der Waals surface area contributed by atoms with Crippen LogP contribution < -0.4 is 5.32 Å². The second kappa shape index (κ2) is 3.04. The fraction of sp³-hybridized carbons (Fsp3) is 0.889. The van der Waals surface area contributed by atoms with E-state index in [1.54, 1.807) is 0 Å². The lowest BCUT2D eigenvalue weighted by Crippen LogP contribution is -2.31. The summed E-state index contributed by atoms with van der Waals surface area (Å²) in [6, 6.07) is 0.0347. The molecule has 0 aromatic carbocycles. The maximum Gasteiger partial charge on any atom is 0.257 e. The first-order chi connectivity index (χ1) is 5.42. The molecule has 1 amide bonds. The molecule has 0 bridgehead atoms. The Bertz CT molecular complexity index is 189. The van der Waals surface area contributed by atoms with Crippen molar-refractivity contribution in [3.8, 4) is 0 Å². The van der Waals surface area contributed by atoms with Crippen LogP contribution in [0.1, 0.15) is 33.6 Å². The Hall–Kier alpha value is -0.600. The third-order valence-corrected chi connectivity index (χ3v) is 2.19. The Labute approximate surface area is 72.5 Å². The molecule has 1 saturated heterocycles. The quantitative estimate of drug-likeness (QED) is 0.676. The predicted octanol–water partition coefficient (Wildman–Crippen LogP) is 1.65. The van der Waals surface area contributed by atoms with Gasteiger partial charge in [-0.25, -0.2) is 4.39 Å². The fourth-order valence-electron chi connectivity index (χ4n) is 1.65. The highest BCUT2D eigenvalue weighted by Crippen LogP contribution is 2.27. The summed E-state index contributed by atoms with van der Waals surface area (Å²) in [6.07, 6.45) is 1.19. The van der Waals surface area contributed by atoms with Crippen molar-refractivity contribution in [1.82, 2.24) is 5.32 Å². The van der Waals surface area contributed by atoms with Gasteiger partial charge in [-0.05, 0) is 19.3 Å². The summed E-state index contributed by atoms with van der Waals surface area (Å²) in [4.78, 5) is 11.0. The third-order valence-electron chi connectivity index (χ3n) is 2.19. The van der Waals surface area contributed by atoms with E-state index in [-0.39, 0.29) is 6.04 Å². The minimum Gasteiger partial charge on any atom is -0.350 e. The van der Waals surface area contributed by atoms with Crippen molar-refractivity contribution < 1.29 is 9.18 Å². The van der Waals surface area contributed by atoms with E-state index in [1.807, 2.05) is 0 Å². The Balaban J connectivity index is 2.50. The molecule has 0 aliphatic carbocycles. The normalized spacial score (nSPS) is 35.8. The molecule has 0 aromatic heterocycles. The van der Waals surface area contributed by atoms with Crippen molar-refractivity contribution in [1.29, 1.82) is 0 Å². The van der Waals surface area contributed by atoms with E-state index >= 15 is 0 Å². The van der Waals surface area contributed by atoms with E-state index in [2.05, 4.69) is 19.2 Å². The molecule has 3 heteroatoms. The van der Waals surface area contributed by atoms with Crippen LogP contribution in [0.3, 0.4) is 0 Å². The molecule has 2 nitrogen and oxygen atoms in total. The van der Waals surface area contributed by atoms with Crippen LogP contribution in [0.2, 0.25) is 0 Å². The molecule has 1 fully saturated rings.